The lowest BCUT2D eigenvalue weighted by atomic mass is 9.98. The van der Waals surface area contributed by atoms with E-state index in [4.69, 9.17) is 10.8 Å². The highest BCUT2D eigenvalue weighted by Gasteiger charge is 2.32. The molecule has 1 fully saturated rings. The van der Waals surface area contributed by atoms with Gasteiger partial charge < -0.3 is 15.7 Å². The Morgan fingerprint density at radius 2 is 2.06 bits per heavy atom. The van der Waals surface area contributed by atoms with Gasteiger partial charge in [-0.3, -0.25) is 4.79 Å². The molecule has 1 aromatic carbocycles. The Bertz CT molecular complexity index is 374. The van der Waals surface area contributed by atoms with Crippen LogP contribution >= 0.6 is 0 Å². The summed E-state index contributed by atoms with van der Waals surface area (Å²) in [7, 11) is 0. The SMILES string of the molecule is N[C@@H](Cc1ccccc1)C(=O)N1CC(CO)C1. The topological polar surface area (TPSA) is 66.6 Å². The lowest BCUT2D eigenvalue weighted by molar-refractivity contribution is -0.139. The molecule has 0 spiro atoms. The Balaban J connectivity index is 1.84. The maximum Gasteiger partial charge on any atom is 0.239 e. The number of rotatable bonds is 4. The number of amides is 1. The van der Waals surface area contributed by atoms with Gasteiger partial charge in [-0.25, -0.2) is 0 Å². The van der Waals surface area contributed by atoms with Gasteiger partial charge in [0.2, 0.25) is 5.91 Å². The molecule has 1 atom stereocenters. The molecule has 1 amide bonds. The average Bonchev–Trinajstić information content (AvgIpc) is 2.28. The molecule has 4 nitrogen and oxygen atoms in total. The van der Waals surface area contributed by atoms with Crippen molar-refractivity contribution < 1.29 is 9.90 Å². The monoisotopic (exact) mass is 234 g/mol. The summed E-state index contributed by atoms with van der Waals surface area (Å²) in [4.78, 5) is 13.6. The molecule has 0 aromatic heterocycles. The predicted molar refractivity (Wildman–Crippen MR) is 65.3 cm³/mol. The molecule has 17 heavy (non-hydrogen) atoms. The van der Waals surface area contributed by atoms with Gasteiger partial charge in [0.05, 0.1) is 6.04 Å². The van der Waals surface area contributed by atoms with Gasteiger partial charge >= 0.3 is 0 Å². The highest BCUT2D eigenvalue weighted by Crippen LogP contribution is 2.16. The van der Waals surface area contributed by atoms with Crippen LogP contribution in [0.15, 0.2) is 30.3 Å². The van der Waals surface area contributed by atoms with Crippen LogP contribution in [-0.4, -0.2) is 41.7 Å². The molecular formula is C13H18N2O2. The van der Waals surface area contributed by atoms with Gasteiger partial charge in [-0.15, -0.1) is 0 Å². The maximum atomic E-state index is 11.9. The van der Waals surface area contributed by atoms with Crippen molar-refractivity contribution in [2.75, 3.05) is 19.7 Å². The first-order chi connectivity index (χ1) is 8.20. The third-order valence-corrected chi connectivity index (χ3v) is 3.14. The fourth-order valence-electron chi connectivity index (χ4n) is 2.06. The third-order valence-electron chi connectivity index (χ3n) is 3.14. The first-order valence-corrected chi connectivity index (χ1v) is 5.90. The summed E-state index contributed by atoms with van der Waals surface area (Å²) in [6.45, 7) is 1.42. The van der Waals surface area contributed by atoms with Crippen molar-refractivity contribution in [2.24, 2.45) is 11.7 Å². The van der Waals surface area contributed by atoms with E-state index >= 15 is 0 Å². The van der Waals surface area contributed by atoms with E-state index in [0.717, 1.165) is 5.56 Å². The number of nitrogens with zero attached hydrogens (tertiary/aromatic N) is 1. The van der Waals surface area contributed by atoms with E-state index in [9.17, 15) is 4.79 Å². The average molecular weight is 234 g/mol. The molecule has 1 heterocycles. The van der Waals surface area contributed by atoms with Gasteiger partial charge in [0, 0.05) is 25.6 Å². The molecule has 0 saturated carbocycles. The zero-order valence-corrected chi connectivity index (χ0v) is 9.75. The highest BCUT2D eigenvalue weighted by molar-refractivity contribution is 5.82. The van der Waals surface area contributed by atoms with Crippen LogP contribution in [0, 0.1) is 5.92 Å². The van der Waals surface area contributed by atoms with E-state index in [0.29, 0.717) is 19.5 Å². The number of carbonyl (C=O) groups excluding carboxylic acids is 1. The number of carbonyl (C=O) groups is 1. The summed E-state index contributed by atoms with van der Waals surface area (Å²) < 4.78 is 0. The Labute approximate surface area is 101 Å². The predicted octanol–water partition coefficient (Wildman–Crippen LogP) is 0.00710. The molecule has 0 bridgehead atoms. The standard InChI is InChI=1S/C13H18N2O2/c14-12(6-10-4-2-1-3-5-10)13(17)15-7-11(8-15)9-16/h1-5,11-12,16H,6-9,14H2/t12-/m0/s1. The molecule has 1 aromatic rings. The first kappa shape index (κ1) is 12.1. The molecule has 0 radical (unpaired) electrons. The number of aliphatic hydroxyl groups excluding tert-OH is 1. The van der Waals surface area contributed by atoms with Crippen LogP contribution in [0.1, 0.15) is 5.56 Å². The normalized spacial score (nSPS) is 17.6. The first-order valence-electron chi connectivity index (χ1n) is 5.90. The fraction of sp³-hybridized carbons (Fsp3) is 0.462. The fourth-order valence-corrected chi connectivity index (χ4v) is 2.06. The molecule has 1 aliphatic heterocycles. The van der Waals surface area contributed by atoms with Crippen molar-refractivity contribution in [3.8, 4) is 0 Å². The van der Waals surface area contributed by atoms with Crippen molar-refractivity contribution in [3.05, 3.63) is 35.9 Å². The van der Waals surface area contributed by atoms with Gasteiger partial charge in [-0.05, 0) is 12.0 Å². The number of hydrogen-bond acceptors (Lipinski definition) is 3. The number of benzene rings is 1. The summed E-state index contributed by atoms with van der Waals surface area (Å²) in [5.41, 5.74) is 6.97. The molecule has 92 valence electrons. The summed E-state index contributed by atoms with van der Waals surface area (Å²) in [5, 5.41) is 8.89. The van der Waals surface area contributed by atoms with E-state index in [1.165, 1.54) is 0 Å². The van der Waals surface area contributed by atoms with Gasteiger partial charge in [0.25, 0.3) is 0 Å². The van der Waals surface area contributed by atoms with Crippen molar-refractivity contribution in [2.45, 2.75) is 12.5 Å². The van der Waals surface area contributed by atoms with Gasteiger partial charge in [0.1, 0.15) is 0 Å². The molecule has 4 heteroatoms. The van der Waals surface area contributed by atoms with Crippen molar-refractivity contribution >= 4 is 5.91 Å². The Morgan fingerprint density at radius 3 is 2.65 bits per heavy atom. The van der Waals surface area contributed by atoms with E-state index < -0.39 is 6.04 Å². The van der Waals surface area contributed by atoms with Crippen LogP contribution in [0.2, 0.25) is 0 Å². The smallest absolute Gasteiger partial charge is 0.239 e. The zero-order chi connectivity index (χ0) is 12.3. The Hall–Kier alpha value is -1.39. The van der Waals surface area contributed by atoms with E-state index in [2.05, 4.69) is 0 Å². The van der Waals surface area contributed by atoms with Gasteiger partial charge in [0.15, 0.2) is 0 Å². The van der Waals surface area contributed by atoms with Crippen LogP contribution in [0.25, 0.3) is 0 Å². The van der Waals surface area contributed by atoms with E-state index in [-0.39, 0.29) is 18.4 Å². The Morgan fingerprint density at radius 1 is 1.41 bits per heavy atom. The van der Waals surface area contributed by atoms with Crippen LogP contribution in [0.5, 0.6) is 0 Å². The quantitative estimate of drug-likeness (QED) is 0.771. The molecule has 3 N–H and O–H groups in total. The molecule has 0 aliphatic carbocycles. The molecule has 1 saturated heterocycles. The summed E-state index contributed by atoms with van der Waals surface area (Å²) >= 11 is 0. The van der Waals surface area contributed by atoms with E-state index in [1.54, 1.807) is 4.90 Å². The summed E-state index contributed by atoms with van der Waals surface area (Å²) in [5.74, 6) is 0.224. The second-order valence-corrected chi connectivity index (χ2v) is 4.59. The molecule has 1 aliphatic rings. The highest BCUT2D eigenvalue weighted by atomic mass is 16.3. The Kier molecular flexibility index (Phi) is 3.76. The number of hydrogen-bond donors (Lipinski definition) is 2. The van der Waals surface area contributed by atoms with Crippen LogP contribution < -0.4 is 5.73 Å². The minimum atomic E-state index is -0.475. The van der Waals surface area contributed by atoms with Gasteiger partial charge in [-0.1, -0.05) is 30.3 Å². The maximum absolute atomic E-state index is 11.9. The summed E-state index contributed by atoms with van der Waals surface area (Å²) in [6.07, 6.45) is 0.569. The van der Waals surface area contributed by atoms with E-state index in [1.807, 2.05) is 30.3 Å². The second kappa shape index (κ2) is 5.29. The summed E-state index contributed by atoms with van der Waals surface area (Å²) in [6, 6.07) is 9.30. The van der Waals surface area contributed by atoms with Gasteiger partial charge in [-0.2, -0.15) is 0 Å². The lowest BCUT2D eigenvalue weighted by Gasteiger charge is -2.39. The third kappa shape index (κ3) is 2.84. The number of aliphatic hydroxyl groups is 1. The number of likely N-dealkylation sites (tertiary alicyclic amines) is 1. The van der Waals surface area contributed by atoms with Crippen molar-refractivity contribution in [1.29, 1.82) is 0 Å². The second-order valence-electron chi connectivity index (χ2n) is 4.59. The lowest BCUT2D eigenvalue weighted by Crippen LogP contribution is -2.56. The zero-order valence-electron chi connectivity index (χ0n) is 9.75. The largest absolute Gasteiger partial charge is 0.396 e. The molecule has 0 unspecified atom stereocenters. The minimum Gasteiger partial charge on any atom is -0.396 e. The van der Waals surface area contributed by atoms with Crippen LogP contribution in [0.3, 0.4) is 0 Å². The van der Waals surface area contributed by atoms with Crippen LogP contribution in [0.4, 0.5) is 0 Å². The van der Waals surface area contributed by atoms with Crippen molar-refractivity contribution in [1.82, 2.24) is 4.90 Å². The van der Waals surface area contributed by atoms with Crippen molar-refractivity contribution in [3.63, 3.8) is 0 Å². The number of nitrogens with two attached hydrogens (primary N) is 1. The van der Waals surface area contributed by atoms with Crippen LogP contribution in [-0.2, 0) is 11.2 Å². The molecule has 2 rings (SSSR count). The molecular weight excluding hydrogens is 216 g/mol. The minimum absolute atomic E-state index is 0.0152.